The summed E-state index contributed by atoms with van der Waals surface area (Å²) in [6, 6.07) is 3.61. The van der Waals surface area contributed by atoms with E-state index in [0.717, 1.165) is 31.6 Å². The van der Waals surface area contributed by atoms with Gasteiger partial charge in [-0.05, 0) is 62.0 Å². The van der Waals surface area contributed by atoms with E-state index in [1.54, 1.807) is 12.3 Å². The van der Waals surface area contributed by atoms with Crippen LogP contribution in [0.2, 0.25) is 0 Å². The fourth-order valence-corrected chi connectivity index (χ4v) is 6.34. The van der Waals surface area contributed by atoms with E-state index in [4.69, 9.17) is 4.74 Å². The number of hydrogen-bond acceptors (Lipinski definition) is 2. The third-order valence-electron chi connectivity index (χ3n) is 8.53. The van der Waals surface area contributed by atoms with Crippen LogP contribution >= 0.6 is 0 Å². The van der Waals surface area contributed by atoms with E-state index in [9.17, 15) is 0 Å². The minimum atomic E-state index is -2.66. The Labute approximate surface area is 207 Å². The molecule has 4 heteroatoms. The Morgan fingerprint density at radius 3 is 2.18 bits per heavy atom. The average Bonchev–Trinajstić information content (AvgIpc) is 2.84. The van der Waals surface area contributed by atoms with Gasteiger partial charge in [0, 0.05) is 12.1 Å². The molecule has 0 amide bonds. The normalized spacial score (nSPS) is 26.9. The smallest absolute Gasteiger partial charge is 0.256 e. The highest BCUT2D eigenvalue weighted by molar-refractivity contribution is 5.23. The largest absolute Gasteiger partial charge is 0.492 e. The molecule has 2 nitrogen and oxygen atoms in total. The molecule has 1 heterocycles. The molecule has 0 saturated heterocycles. The molecule has 0 aliphatic heterocycles. The van der Waals surface area contributed by atoms with Crippen molar-refractivity contribution in [1.82, 2.24) is 4.98 Å². The van der Waals surface area contributed by atoms with Crippen molar-refractivity contribution in [3.8, 4) is 5.75 Å². The average molecular weight is 478 g/mol. The van der Waals surface area contributed by atoms with Crippen LogP contribution in [-0.2, 0) is 0 Å². The Morgan fingerprint density at radius 2 is 1.50 bits per heavy atom. The fraction of sp³-hybridized carbons (Fsp3) is 0.833. The lowest BCUT2D eigenvalue weighted by molar-refractivity contribution is -0.0855. The van der Waals surface area contributed by atoms with Crippen LogP contribution in [0.1, 0.15) is 135 Å². The molecular formula is C30H49F2NO. The van der Waals surface area contributed by atoms with Gasteiger partial charge in [-0.1, -0.05) is 84.5 Å². The molecule has 194 valence electrons. The molecule has 2 atom stereocenters. The van der Waals surface area contributed by atoms with Crippen molar-refractivity contribution in [2.75, 3.05) is 6.61 Å². The number of rotatable bonds is 14. The van der Waals surface area contributed by atoms with E-state index < -0.39 is 11.8 Å². The molecule has 34 heavy (non-hydrogen) atoms. The number of unbranched alkanes of at least 4 members (excludes halogenated alkanes) is 7. The number of aromatic nitrogens is 1. The molecule has 0 bridgehead atoms. The predicted molar refractivity (Wildman–Crippen MR) is 138 cm³/mol. The highest BCUT2D eigenvalue weighted by Crippen LogP contribution is 2.51. The van der Waals surface area contributed by atoms with Crippen molar-refractivity contribution < 1.29 is 13.5 Å². The molecular weight excluding hydrogens is 428 g/mol. The molecule has 2 aliphatic rings. The van der Waals surface area contributed by atoms with Gasteiger partial charge in [-0.3, -0.25) is 4.98 Å². The number of ether oxygens (including phenoxy) is 1. The van der Waals surface area contributed by atoms with Gasteiger partial charge in [-0.2, -0.15) is 0 Å². The van der Waals surface area contributed by atoms with Gasteiger partial charge < -0.3 is 4.74 Å². The summed E-state index contributed by atoms with van der Waals surface area (Å²) in [6.07, 6.45) is 20.6. The molecule has 1 aromatic rings. The quantitative estimate of drug-likeness (QED) is 0.249. The lowest BCUT2D eigenvalue weighted by Crippen LogP contribution is -2.38. The van der Waals surface area contributed by atoms with Crippen LogP contribution in [0.5, 0.6) is 5.75 Å². The minimum absolute atomic E-state index is 0.0425. The van der Waals surface area contributed by atoms with E-state index >= 15 is 8.78 Å². The van der Waals surface area contributed by atoms with Crippen molar-refractivity contribution in [2.45, 2.75) is 135 Å². The predicted octanol–water partition coefficient (Wildman–Crippen LogP) is 9.73. The van der Waals surface area contributed by atoms with Crippen LogP contribution < -0.4 is 4.74 Å². The minimum Gasteiger partial charge on any atom is -0.492 e. The van der Waals surface area contributed by atoms with Gasteiger partial charge in [0.05, 0.1) is 18.7 Å². The topological polar surface area (TPSA) is 22.1 Å². The van der Waals surface area contributed by atoms with Crippen molar-refractivity contribution in [1.29, 1.82) is 0 Å². The summed E-state index contributed by atoms with van der Waals surface area (Å²) in [4.78, 5) is 4.42. The second kappa shape index (κ2) is 14.4. The maximum atomic E-state index is 15.2. The van der Waals surface area contributed by atoms with E-state index in [2.05, 4.69) is 18.8 Å². The van der Waals surface area contributed by atoms with E-state index in [-0.39, 0.29) is 12.3 Å². The van der Waals surface area contributed by atoms with Crippen LogP contribution in [0, 0.1) is 17.8 Å². The summed E-state index contributed by atoms with van der Waals surface area (Å²) >= 11 is 0. The zero-order valence-corrected chi connectivity index (χ0v) is 21.9. The molecule has 0 unspecified atom stereocenters. The van der Waals surface area contributed by atoms with Gasteiger partial charge in [0.2, 0.25) is 0 Å². The third-order valence-corrected chi connectivity index (χ3v) is 8.53. The summed E-state index contributed by atoms with van der Waals surface area (Å²) in [6.45, 7) is 5.15. The van der Waals surface area contributed by atoms with Crippen LogP contribution in [0.4, 0.5) is 8.78 Å². The monoisotopic (exact) mass is 477 g/mol. The number of pyridine rings is 1. The van der Waals surface area contributed by atoms with Crippen LogP contribution in [-0.4, -0.2) is 17.5 Å². The molecule has 2 saturated carbocycles. The first kappa shape index (κ1) is 27.4. The van der Waals surface area contributed by atoms with Gasteiger partial charge >= 0.3 is 0 Å². The van der Waals surface area contributed by atoms with Gasteiger partial charge in [0.15, 0.2) is 0 Å². The first-order valence-electron chi connectivity index (χ1n) is 14.5. The zero-order valence-electron chi connectivity index (χ0n) is 21.9. The van der Waals surface area contributed by atoms with E-state index in [0.29, 0.717) is 30.4 Å². The first-order chi connectivity index (χ1) is 16.5. The Hall–Kier alpha value is -1.19. The van der Waals surface area contributed by atoms with Crippen molar-refractivity contribution in [3.63, 3.8) is 0 Å². The Balaban J connectivity index is 1.41. The lowest BCUT2D eigenvalue weighted by atomic mass is 9.67. The Morgan fingerprint density at radius 1 is 0.824 bits per heavy atom. The fourth-order valence-electron chi connectivity index (χ4n) is 6.34. The standard InChI is InChI=1S/C30H49F2NO/c1-3-5-7-8-9-11-21-34-27-18-20-29(33-23-27)28-19-17-26(22-30(28,31)32)25-15-13-24(14-16-25)12-10-6-4-2/h18,20,23-26,28H,3-17,19,21-22H2,1-2H3/t24?,25?,26-,28+/m0/s1. The SMILES string of the molecule is CCCCCCCCOc1ccc([C@H]2CC[C@H](C3CCC(CCCCC)CC3)CC2(F)F)nc1. The van der Waals surface area contributed by atoms with Gasteiger partial charge in [-0.25, -0.2) is 8.78 Å². The summed E-state index contributed by atoms with van der Waals surface area (Å²) < 4.78 is 36.3. The maximum absolute atomic E-state index is 15.2. The summed E-state index contributed by atoms with van der Waals surface area (Å²) in [5.74, 6) is -1.19. The van der Waals surface area contributed by atoms with Gasteiger partial charge in [0.25, 0.3) is 5.92 Å². The second-order valence-corrected chi connectivity index (χ2v) is 11.2. The molecule has 0 radical (unpaired) electrons. The molecule has 2 fully saturated rings. The Bertz CT molecular complexity index is 669. The molecule has 0 N–H and O–H groups in total. The third kappa shape index (κ3) is 8.48. The highest BCUT2D eigenvalue weighted by Gasteiger charge is 2.48. The van der Waals surface area contributed by atoms with Crippen LogP contribution in [0.3, 0.4) is 0 Å². The van der Waals surface area contributed by atoms with Crippen molar-refractivity contribution in [3.05, 3.63) is 24.0 Å². The van der Waals surface area contributed by atoms with E-state index in [1.807, 2.05) is 6.07 Å². The number of hydrogen-bond donors (Lipinski definition) is 0. The maximum Gasteiger partial charge on any atom is 0.256 e. The number of nitrogens with zero attached hydrogens (tertiary/aromatic N) is 1. The van der Waals surface area contributed by atoms with Gasteiger partial charge in [-0.15, -0.1) is 0 Å². The van der Waals surface area contributed by atoms with Crippen molar-refractivity contribution in [2.24, 2.45) is 17.8 Å². The Kier molecular flexibility index (Phi) is 11.6. The summed E-state index contributed by atoms with van der Waals surface area (Å²) in [7, 11) is 0. The van der Waals surface area contributed by atoms with Crippen molar-refractivity contribution >= 4 is 0 Å². The summed E-state index contributed by atoms with van der Waals surface area (Å²) in [5, 5.41) is 0. The molecule has 0 spiro atoms. The number of halogens is 2. The first-order valence-corrected chi connectivity index (χ1v) is 14.5. The molecule has 2 aliphatic carbocycles. The molecule has 3 rings (SSSR count). The molecule has 0 aromatic carbocycles. The van der Waals surface area contributed by atoms with Crippen LogP contribution in [0.15, 0.2) is 18.3 Å². The number of alkyl halides is 2. The lowest BCUT2D eigenvalue weighted by Gasteiger charge is -2.41. The highest BCUT2D eigenvalue weighted by atomic mass is 19.3. The zero-order chi connectivity index (χ0) is 24.2. The van der Waals surface area contributed by atoms with Crippen LogP contribution in [0.25, 0.3) is 0 Å². The second-order valence-electron chi connectivity index (χ2n) is 11.2. The molecule has 1 aromatic heterocycles. The summed E-state index contributed by atoms with van der Waals surface area (Å²) in [5.41, 5.74) is 0.537. The van der Waals surface area contributed by atoms with Gasteiger partial charge in [0.1, 0.15) is 5.75 Å². The van der Waals surface area contributed by atoms with E-state index in [1.165, 1.54) is 70.6 Å².